The smallest absolute Gasteiger partial charge is 0.231 e. The van der Waals surface area contributed by atoms with Gasteiger partial charge in [-0.25, -0.2) is 0 Å². The number of amides is 1. The molecule has 4 aromatic rings. The number of nitrogens with one attached hydrogen (secondary N) is 1. The molecule has 1 atom stereocenters. The number of carbonyl (C=O) groups is 1. The average Bonchev–Trinajstić information content (AvgIpc) is 3.51. The Morgan fingerprint density at radius 2 is 2.03 bits per heavy atom. The summed E-state index contributed by atoms with van der Waals surface area (Å²) < 4.78 is 7.40. The van der Waals surface area contributed by atoms with Crippen molar-refractivity contribution in [3.8, 4) is 11.4 Å². The monoisotopic (exact) mass is 438 g/mol. The van der Waals surface area contributed by atoms with Gasteiger partial charge in [-0.15, -0.1) is 21.5 Å². The first kappa shape index (κ1) is 20.4. The van der Waals surface area contributed by atoms with Crippen LogP contribution in [-0.4, -0.2) is 26.4 Å². The minimum atomic E-state index is -0.160. The first-order valence-corrected chi connectivity index (χ1v) is 11.5. The standard InChI is InChI=1S/C22H22N4O2S2/c1-3-26-21(17-11-12-28-15(17)2)24-25-22(26)30-14-19(27)23-20(18-10-7-13-29-18)16-8-5-4-6-9-16/h4-13,20H,3,14H2,1-2H3,(H,23,27). The summed E-state index contributed by atoms with van der Waals surface area (Å²) in [5, 5.41) is 14.5. The summed E-state index contributed by atoms with van der Waals surface area (Å²) in [7, 11) is 0. The van der Waals surface area contributed by atoms with Crippen LogP contribution in [-0.2, 0) is 11.3 Å². The predicted octanol–water partition coefficient (Wildman–Crippen LogP) is 4.93. The van der Waals surface area contributed by atoms with E-state index in [2.05, 4.69) is 15.5 Å². The number of aromatic nitrogens is 3. The second-order valence-electron chi connectivity index (χ2n) is 6.66. The minimum Gasteiger partial charge on any atom is -0.469 e. The highest BCUT2D eigenvalue weighted by atomic mass is 32.2. The van der Waals surface area contributed by atoms with Gasteiger partial charge in [0, 0.05) is 11.4 Å². The highest BCUT2D eigenvalue weighted by Gasteiger charge is 2.20. The van der Waals surface area contributed by atoms with E-state index in [1.54, 1.807) is 17.6 Å². The molecule has 3 heterocycles. The number of thioether (sulfide) groups is 1. The van der Waals surface area contributed by atoms with Gasteiger partial charge >= 0.3 is 0 Å². The van der Waals surface area contributed by atoms with E-state index in [-0.39, 0.29) is 17.7 Å². The van der Waals surface area contributed by atoms with Gasteiger partial charge in [0.25, 0.3) is 0 Å². The van der Waals surface area contributed by atoms with Crippen molar-refractivity contribution in [1.29, 1.82) is 0 Å². The number of aryl methyl sites for hydroxylation is 1. The van der Waals surface area contributed by atoms with E-state index in [0.717, 1.165) is 32.7 Å². The molecule has 0 aliphatic rings. The van der Waals surface area contributed by atoms with Crippen LogP contribution in [0.15, 0.2) is 69.7 Å². The molecule has 0 spiro atoms. The van der Waals surface area contributed by atoms with E-state index in [4.69, 9.17) is 4.42 Å². The third-order valence-electron chi connectivity index (χ3n) is 4.73. The van der Waals surface area contributed by atoms with E-state index < -0.39 is 0 Å². The Bertz CT molecular complexity index is 1100. The lowest BCUT2D eigenvalue weighted by molar-refractivity contribution is -0.119. The Hall–Kier alpha value is -2.84. The van der Waals surface area contributed by atoms with Gasteiger partial charge in [-0.1, -0.05) is 48.2 Å². The molecule has 0 fully saturated rings. The van der Waals surface area contributed by atoms with Crippen LogP contribution < -0.4 is 5.32 Å². The Balaban J connectivity index is 1.47. The average molecular weight is 439 g/mol. The summed E-state index contributed by atoms with van der Waals surface area (Å²) in [5.41, 5.74) is 1.98. The van der Waals surface area contributed by atoms with Gasteiger partial charge in [0.15, 0.2) is 11.0 Å². The Morgan fingerprint density at radius 1 is 1.20 bits per heavy atom. The zero-order chi connectivity index (χ0) is 20.9. The summed E-state index contributed by atoms with van der Waals surface area (Å²) in [5.74, 6) is 1.77. The predicted molar refractivity (Wildman–Crippen MR) is 120 cm³/mol. The van der Waals surface area contributed by atoms with Crippen molar-refractivity contribution < 1.29 is 9.21 Å². The fourth-order valence-electron chi connectivity index (χ4n) is 3.25. The molecule has 0 saturated carbocycles. The molecule has 0 radical (unpaired) electrons. The van der Waals surface area contributed by atoms with E-state index in [1.165, 1.54) is 11.8 Å². The second kappa shape index (κ2) is 9.32. The Morgan fingerprint density at radius 3 is 2.70 bits per heavy atom. The van der Waals surface area contributed by atoms with Crippen LogP contribution in [0.2, 0.25) is 0 Å². The van der Waals surface area contributed by atoms with E-state index in [9.17, 15) is 4.79 Å². The van der Waals surface area contributed by atoms with E-state index in [1.807, 2.05) is 72.3 Å². The Kier molecular flexibility index (Phi) is 6.35. The minimum absolute atomic E-state index is 0.0473. The molecule has 0 bridgehead atoms. The van der Waals surface area contributed by atoms with Crippen LogP contribution in [0.4, 0.5) is 0 Å². The SMILES string of the molecule is CCn1c(SCC(=O)NC(c2ccccc2)c2cccs2)nnc1-c1ccoc1C. The molecule has 0 saturated heterocycles. The third kappa shape index (κ3) is 4.34. The first-order valence-electron chi connectivity index (χ1n) is 9.65. The molecule has 1 unspecified atom stereocenters. The lowest BCUT2D eigenvalue weighted by Crippen LogP contribution is -2.30. The summed E-state index contributed by atoms with van der Waals surface area (Å²) in [6.45, 7) is 4.64. The third-order valence-corrected chi connectivity index (χ3v) is 6.64. The van der Waals surface area contributed by atoms with Crippen LogP contribution in [0.1, 0.15) is 29.2 Å². The molecular formula is C22H22N4O2S2. The van der Waals surface area contributed by atoms with Crippen molar-refractivity contribution in [2.24, 2.45) is 0 Å². The normalized spacial score (nSPS) is 12.1. The molecule has 3 aromatic heterocycles. The van der Waals surface area contributed by atoms with Crippen LogP contribution in [0, 0.1) is 6.92 Å². The van der Waals surface area contributed by atoms with Crippen molar-refractivity contribution in [3.05, 3.63) is 76.4 Å². The Labute approximate surface area is 183 Å². The molecule has 0 aliphatic heterocycles. The van der Waals surface area contributed by atoms with E-state index in [0.29, 0.717) is 6.54 Å². The van der Waals surface area contributed by atoms with Crippen LogP contribution in [0.5, 0.6) is 0 Å². The lowest BCUT2D eigenvalue weighted by atomic mass is 10.1. The summed E-state index contributed by atoms with van der Waals surface area (Å²) in [6, 6.07) is 15.8. The maximum absolute atomic E-state index is 12.8. The number of furan rings is 1. The number of hydrogen-bond donors (Lipinski definition) is 1. The van der Waals surface area contributed by atoms with Gasteiger partial charge in [0.05, 0.1) is 23.6 Å². The van der Waals surface area contributed by atoms with Crippen molar-refractivity contribution in [2.75, 3.05) is 5.75 Å². The fraction of sp³-hybridized carbons (Fsp3) is 0.227. The largest absolute Gasteiger partial charge is 0.469 e. The second-order valence-corrected chi connectivity index (χ2v) is 8.58. The molecule has 30 heavy (non-hydrogen) atoms. The van der Waals surface area contributed by atoms with Gasteiger partial charge in [0.1, 0.15) is 5.76 Å². The highest BCUT2D eigenvalue weighted by Crippen LogP contribution is 2.28. The molecule has 0 aliphatic carbocycles. The molecule has 1 aromatic carbocycles. The summed E-state index contributed by atoms with van der Waals surface area (Å²) >= 11 is 3.02. The molecule has 1 N–H and O–H groups in total. The summed E-state index contributed by atoms with van der Waals surface area (Å²) in [6.07, 6.45) is 1.65. The molecule has 154 valence electrons. The quantitative estimate of drug-likeness (QED) is 0.395. The maximum Gasteiger partial charge on any atom is 0.231 e. The molecule has 1 amide bonds. The lowest BCUT2D eigenvalue weighted by Gasteiger charge is -2.18. The first-order chi connectivity index (χ1) is 14.7. The van der Waals surface area contributed by atoms with Gasteiger partial charge in [-0.05, 0) is 36.9 Å². The van der Waals surface area contributed by atoms with Crippen molar-refractivity contribution in [3.63, 3.8) is 0 Å². The van der Waals surface area contributed by atoms with Crippen molar-refractivity contribution >= 4 is 29.0 Å². The fourth-order valence-corrected chi connectivity index (χ4v) is 4.87. The topological polar surface area (TPSA) is 73.0 Å². The zero-order valence-electron chi connectivity index (χ0n) is 16.7. The number of benzene rings is 1. The number of rotatable bonds is 8. The number of nitrogens with zero attached hydrogens (tertiary/aromatic N) is 3. The molecule has 6 nitrogen and oxygen atoms in total. The van der Waals surface area contributed by atoms with Crippen molar-refractivity contribution in [1.82, 2.24) is 20.1 Å². The van der Waals surface area contributed by atoms with Gasteiger partial charge < -0.3 is 14.3 Å². The summed E-state index contributed by atoms with van der Waals surface area (Å²) in [4.78, 5) is 13.9. The van der Waals surface area contributed by atoms with Gasteiger partial charge in [0.2, 0.25) is 5.91 Å². The van der Waals surface area contributed by atoms with Gasteiger partial charge in [-0.2, -0.15) is 0 Å². The molecule has 4 rings (SSSR count). The molecule has 8 heteroatoms. The number of carbonyl (C=O) groups excluding carboxylic acids is 1. The van der Waals surface area contributed by atoms with Crippen LogP contribution >= 0.6 is 23.1 Å². The van der Waals surface area contributed by atoms with Crippen LogP contribution in [0.3, 0.4) is 0 Å². The number of thiophene rings is 1. The van der Waals surface area contributed by atoms with Crippen molar-refractivity contribution in [2.45, 2.75) is 31.6 Å². The molecular weight excluding hydrogens is 416 g/mol. The number of hydrogen-bond acceptors (Lipinski definition) is 6. The maximum atomic E-state index is 12.8. The van der Waals surface area contributed by atoms with Gasteiger partial charge in [-0.3, -0.25) is 4.79 Å². The van der Waals surface area contributed by atoms with Crippen LogP contribution in [0.25, 0.3) is 11.4 Å². The zero-order valence-corrected chi connectivity index (χ0v) is 18.4. The highest BCUT2D eigenvalue weighted by molar-refractivity contribution is 7.99. The van der Waals surface area contributed by atoms with E-state index >= 15 is 0 Å².